The number of halogens is 13. The average molecular weight is 882 g/mol. The monoisotopic (exact) mass is 880 g/mol. The Balaban J connectivity index is 0.000000251. The topological polar surface area (TPSA) is 96.4 Å². The Morgan fingerprint density at radius 2 is 1.11 bits per heavy atom. The molecule has 53 heavy (non-hydrogen) atoms. The average Bonchev–Trinajstić information content (AvgIpc) is 3.63. The predicted octanol–water partition coefficient (Wildman–Crippen LogP) is 6.74. The summed E-state index contributed by atoms with van der Waals surface area (Å²) in [7, 11) is -3.66. The molecule has 0 radical (unpaired) electrons. The van der Waals surface area contributed by atoms with Crippen LogP contribution in [0, 0.1) is 0 Å². The molecule has 23 heteroatoms. The van der Waals surface area contributed by atoms with Crippen LogP contribution < -0.4 is 15.1 Å². The first-order valence-corrected chi connectivity index (χ1v) is 18.2. The Bertz CT molecular complexity index is 1760. The number of benzene rings is 2. The normalized spacial score (nSPS) is 17.4. The molecule has 0 unspecified atom stereocenters. The highest BCUT2D eigenvalue weighted by Gasteiger charge is 2.72. The third-order valence-electron chi connectivity index (χ3n) is 8.44. The highest BCUT2D eigenvalue weighted by Crippen LogP contribution is 2.52. The van der Waals surface area contributed by atoms with E-state index in [4.69, 9.17) is 0 Å². The number of piperazine rings is 2. The van der Waals surface area contributed by atoms with E-state index in [-0.39, 0.29) is 40.5 Å². The largest absolute Gasteiger partial charge is 0.430 e. The predicted molar refractivity (Wildman–Crippen MR) is 173 cm³/mol. The molecule has 0 saturated carbocycles. The maximum atomic E-state index is 13.1. The smallest absolute Gasteiger partial charge is 0.369 e. The molecule has 296 valence electrons. The zero-order valence-electron chi connectivity index (χ0n) is 26.7. The summed E-state index contributed by atoms with van der Waals surface area (Å²) >= 11 is 4.05. The first-order chi connectivity index (χ1) is 24.3. The van der Waals surface area contributed by atoms with E-state index in [1.807, 2.05) is 4.90 Å². The van der Waals surface area contributed by atoms with Gasteiger partial charge >= 0.3 is 24.7 Å². The van der Waals surface area contributed by atoms with Gasteiger partial charge in [0.2, 0.25) is 0 Å². The molecule has 2 aliphatic rings. The van der Waals surface area contributed by atoms with Gasteiger partial charge in [-0.15, -0.1) is 11.3 Å². The maximum absolute atomic E-state index is 13.1. The summed E-state index contributed by atoms with van der Waals surface area (Å²) in [5, 5.41) is 23.5. The van der Waals surface area contributed by atoms with Gasteiger partial charge in [-0.25, -0.2) is 8.42 Å². The lowest BCUT2D eigenvalue weighted by molar-refractivity contribution is -0.376. The molecule has 0 spiro atoms. The van der Waals surface area contributed by atoms with E-state index in [0.29, 0.717) is 56.1 Å². The van der Waals surface area contributed by atoms with Crippen molar-refractivity contribution in [3.8, 4) is 0 Å². The minimum atomic E-state index is -5.98. The second kappa shape index (κ2) is 15.4. The Kier molecular flexibility index (Phi) is 12.4. The summed E-state index contributed by atoms with van der Waals surface area (Å²) < 4.78 is 182. The van der Waals surface area contributed by atoms with Crippen LogP contribution in [-0.4, -0.2) is 100.0 Å². The molecular weight excluding hydrogens is 852 g/mol. The van der Waals surface area contributed by atoms with E-state index in [1.165, 1.54) is 10.4 Å². The summed E-state index contributed by atoms with van der Waals surface area (Å²) in [6.07, 6.45) is -23.7. The van der Waals surface area contributed by atoms with Gasteiger partial charge in [0.1, 0.15) is 4.21 Å². The number of aliphatic hydroxyl groups is 2. The second-order valence-electron chi connectivity index (χ2n) is 11.7. The first-order valence-electron chi connectivity index (χ1n) is 15.1. The number of alkyl halides is 12. The molecule has 0 amide bonds. The molecule has 8 nitrogen and oxygen atoms in total. The van der Waals surface area contributed by atoms with Crippen molar-refractivity contribution >= 4 is 48.7 Å². The van der Waals surface area contributed by atoms with Crippen LogP contribution in [-0.2, 0) is 21.2 Å². The third-order valence-corrected chi connectivity index (χ3v) is 12.3. The first kappa shape index (κ1) is 42.9. The Morgan fingerprint density at radius 1 is 0.642 bits per heavy atom. The Hall–Kier alpha value is -2.83. The summed E-state index contributed by atoms with van der Waals surface area (Å²) in [6.45, 7) is 3.07. The molecule has 1 aromatic heterocycles. The zero-order valence-corrected chi connectivity index (χ0v) is 29.9. The highest BCUT2D eigenvalue weighted by atomic mass is 79.9. The van der Waals surface area contributed by atoms with Crippen LogP contribution in [0.1, 0.15) is 11.1 Å². The van der Waals surface area contributed by atoms with Gasteiger partial charge in [0.15, 0.2) is 0 Å². The lowest BCUT2D eigenvalue weighted by Gasteiger charge is -2.36. The zero-order chi connectivity index (χ0) is 39.8. The molecule has 0 bridgehead atoms. The summed E-state index contributed by atoms with van der Waals surface area (Å²) in [5.74, 6) is 0. The van der Waals surface area contributed by atoms with E-state index in [0.717, 1.165) is 29.5 Å². The minimum Gasteiger partial charge on any atom is -0.369 e. The fourth-order valence-corrected chi connectivity index (χ4v) is 8.70. The van der Waals surface area contributed by atoms with Crippen LogP contribution in [0.5, 0.6) is 0 Å². The van der Waals surface area contributed by atoms with Crippen LogP contribution in [0.25, 0.3) is 0 Å². The van der Waals surface area contributed by atoms with Crippen LogP contribution in [0.15, 0.2) is 68.7 Å². The van der Waals surface area contributed by atoms with Crippen LogP contribution in [0.4, 0.5) is 64.1 Å². The van der Waals surface area contributed by atoms with Gasteiger partial charge in [0.25, 0.3) is 21.2 Å². The van der Waals surface area contributed by atoms with Crippen molar-refractivity contribution in [1.82, 2.24) is 9.62 Å². The molecule has 2 fully saturated rings. The molecule has 3 N–H and O–H groups in total. The van der Waals surface area contributed by atoms with Gasteiger partial charge in [-0.2, -0.15) is 57.0 Å². The van der Waals surface area contributed by atoms with Crippen molar-refractivity contribution < 1.29 is 71.3 Å². The lowest BCUT2D eigenvalue weighted by atomic mass is 9.92. The number of sulfonamides is 1. The number of nitrogens with zero attached hydrogens (tertiary/aromatic N) is 3. The third kappa shape index (κ3) is 8.54. The molecule has 2 aromatic carbocycles. The van der Waals surface area contributed by atoms with Gasteiger partial charge in [0, 0.05) is 73.6 Å². The van der Waals surface area contributed by atoms with Gasteiger partial charge in [0.05, 0.1) is 5.69 Å². The second-order valence-corrected chi connectivity index (χ2v) is 15.7. The summed E-state index contributed by atoms with van der Waals surface area (Å²) in [6, 6.07) is 8.90. The van der Waals surface area contributed by atoms with E-state index in [9.17, 15) is 71.3 Å². The number of nitrogens with one attached hydrogen (secondary N) is 1. The van der Waals surface area contributed by atoms with Gasteiger partial charge in [-0.3, -0.25) is 0 Å². The molecule has 3 aromatic rings. The van der Waals surface area contributed by atoms with Gasteiger partial charge in [-0.1, -0.05) is 24.3 Å². The highest BCUT2D eigenvalue weighted by molar-refractivity contribution is 9.10. The molecule has 0 atom stereocenters. The fourth-order valence-electron chi connectivity index (χ4n) is 5.51. The van der Waals surface area contributed by atoms with Crippen molar-refractivity contribution in [2.45, 2.75) is 40.1 Å². The Labute approximate surface area is 306 Å². The number of rotatable bonds is 6. The number of hydrogen-bond donors (Lipinski definition) is 3. The van der Waals surface area contributed by atoms with E-state index >= 15 is 0 Å². The van der Waals surface area contributed by atoms with Crippen molar-refractivity contribution in [3.63, 3.8) is 0 Å². The van der Waals surface area contributed by atoms with Crippen LogP contribution in [0.2, 0.25) is 0 Å². The molecule has 2 aliphatic heterocycles. The van der Waals surface area contributed by atoms with E-state index in [2.05, 4.69) is 21.2 Å². The van der Waals surface area contributed by atoms with Crippen LogP contribution >= 0.6 is 27.3 Å². The standard InChI is InChI=1S/C17H15BrF6N2O3S2.C13H14F6N2O/c18-12-10-11(15(27,16(19,20)21)17(22,23)24)3-4-13(12)25-5-7-26(8-6-25)31(28,29)14-2-1-9-30-14;14-12(15,16)11(22,13(17,18)19)9-1-3-10(4-2-9)21-7-5-20-6-8-21/h1-4,9-10,27H,5-8H2;1-4,20,22H,5-8H2. The molecule has 0 aliphatic carbocycles. The van der Waals surface area contributed by atoms with E-state index < -0.39 is 57.1 Å². The number of thiophene rings is 1. The minimum absolute atomic E-state index is 0.0868. The summed E-state index contributed by atoms with van der Waals surface area (Å²) in [5.41, 5.74) is -11.7. The quantitative estimate of drug-likeness (QED) is 0.236. The van der Waals surface area contributed by atoms with Crippen molar-refractivity contribution in [1.29, 1.82) is 0 Å². The van der Waals surface area contributed by atoms with Crippen molar-refractivity contribution in [2.24, 2.45) is 0 Å². The number of anilines is 2. The maximum Gasteiger partial charge on any atom is 0.430 e. The lowest BCUT2D eigenvalue weighted by Crippen LogP contribution is -2.54. The van der Waals surface area contributed by atoms with E-state index in [1.54, 1.807) is 16.3 Å². The van der Waals surface area contributed by atoms with Crippen molar-refractivity contribution in [2.75, 3.05) is 62.2 Å². The molecular formula is C30H29BrF12N4O4S2. The van der Waals surface area contributed by atoms with Crippen molar-refractivity contribution in [3.05, 3.63) is 75.6 Å². The molecule has 5 rings (SSSR count). The SMILES string of the molecule is O=S(=O)(c1cccs1)N1CCN(c2ccc(C(O)(C(F)(F)F)C(F)(F)F)cc2Br)CC1.OC(c1ccc(N2CCNCC2)cc1)(C(F)(F)F)C(F)(F)F. The molecule has 2 saturated heterocycles. The van der Waals surface area contributed by atoms with Gasteiger partial charge < -0.3 is 25.3 Å². The Morgan fingerprint density at radius 3 is 1.55 bits per heavy atom. The molecule has 3 heterocycles. The number of hydrogen-bond acceptors (Lipinski definition) is 8. The summed E-state index contributed by atoms with van der Waals surface area (Å²) in [4.78, 5) is 3.47. The fraction of sp³-hybridized carbons (Fsp3) is 0.467. The van der Waals surface area contributed by atoms with Gasteiger partial charge in [-0.05, 0) is 51.6 Å². The van der Waals surface area contributed by atoms with Crippen LogP contribution in [0.3, 0.4) is 0 Å².